The molecule has 2 aromatic carbocycles. The molecule has 0 bridgehead atoms. The Balaban J connectivity index is 1.39. The van der Waals surface area contributed by atoms with Gasteiger partial charge in [0.15, 0.2) is 5.13 Å². The molecular formula is C18H16ClFN4OS. The van der Waals surface area contributed by atoms with Crippen molar-refractivity contribution >= 4 is 50.0 Å². The summed E-state index contributed by atoms with van der Waals surface area (Å²) in [6, 6.07) is 11.6. The van der Waals surface area contributed by atoms with Crippen molar-refractivity contribution in [1.29, 1.82) is 0 Å². The maximum Gasteiger partial charge on any atom is 0.321 e. The van der Waals surface area contributed by atoms with Crippen LogP contribution in [-0.4, -0.2) is 42.1 Å². The van der Waals surface area contributed by atoms with Crippen molar-refractivity contribution in [2.24, 2.45) is 0 Å². The lowest BCUT2D eigenvalue weighted by Gasteiger charge is -2.34. The second-order valence-corrected chi connectivity index (χ2v) is 7.47. The number of nitrogens with zero attached hydrogens (tertiary/aromatic N) is 3. The van der Waals surface area contributed by atoms with E-state index in [1.807, 2.05) is 0 Å². The summed E-state index contributed by atoms with van der Waals surface area (Å²) in [6.07, 6.45) is 0. The fraction of sp³-hybridized carbons (Fsp3) is 0.222. The first-order valence-corrected chi connectivity index (χ1v) is 9.40. The first kappa shape index (κ1) is 17.1. The number of fused-ring (bicyclic) bond motifs is 1. The van der Waals surface area contributed by atoms with Gasteiger partial charge in [0.1, 0.15) is 5.82 Å². The number of hydrogen-bond donors (Lipinski definition) is 1. The summed E-state index contributed by atoms with van der Waals surface area (Å²) in [5, 5.41) is 4.31. The minimum Gasteiger partial charge on any atom is -0.345 e. The Morgan fingerprint density at radius 1 is 1.15 bits per heavy atom. The van der Waals surface area contributed by atoms with Gasteiger partial charge >= 0.3 is 6.03 Å². The summed E-state index contributed by atoms with van der Waals surface area (Å²) in [4.78, 5) is 20.9. The van der Waals surface area contributed by atoms with Crippen LogP contribution in [0.1, 0.15) is 0 Å². The van der Waals surface area contributed by atoms with Gasteiger partial charge in [-0.2, -0.15) is 0 Å². The van der Waals surface area contributed by atoms with Gasteiger partial charge in [-0.25, -0.2) is 14.2 Å². The van der Waals surface area contributed by atoms with E-state index in [1.54, 1.807) is 35.2 Å². The number of piperazine rings is 1. The van der Waals surface area contributed by atoms with Crippen LogP contribution in [0.4, 0.5) is 20.0 Å². The zero-order chi connectivity index (χ0) is 18.1. The van der Waals surface area contributed by atoms with Crippen LogP contribution in [0.25, 0.3) is 10.2 Å². The smallest absolute Gasteiger partial charge is 0.321 e. The van der Waals surface area contributed by atoms with Gasteiger partial charge in [-0.3, -0.25) is 0 Å². The molecule has 4 rings (SSSR count). The number of amides is 2. The number of hydrogen-bond acceptors (Lipinski definition) is 4. The maximum absolute atomic E-state index is 13.3. The molecule has 1 aliphatic rings. The van der Waals surface area contributed by atoms with E-state index in [2.05, 4.69) is 15.2 Å². The largest absolute Gasteiger partial charge is 0.345 e. The van der Waals surface area contributed by atoms with Crippen LogP contribution in [0, 0.1) is 5.82 Å². The highest BCUT2D eigenvalue weighted by Crippen LogP contribution is 2.30. The van der Waals surface area contributed by atoms with E-state index in [0.29, 0.717) is 36.9 Å². The van der Waals surface area contributed by atoms with Crippen molar-refractivity contribution in [1.82, 2.24) is 9.88 Å². The van der Waals surface area contributed by atoms with E-state index < -0.39 is 0 Å². The van der Waals surface area contributed by atoms with E-state index in [4.69, 9.17) is 11.6 Å². The van der Waals surface area contributed by atoms with Gasteiger partial charge in [-0.05, 0) is 36.4 Å². The second kappa shape index (κ2) is 7.09. The van der Waals surface area contributed by atoms with Gasteiger partial charge in [-0.1, -0.05) is 29.0 Å². The molecule has 0 atom stereocenters. The number of rotatable bonds is 2. The number of urea groups is 1. The number of carbonyl (C=O) groups excluding carboxylic acids is 1. The third-order valence-electron chi connectivity index (χ3n) is 4.25. The first-order valence-electron chi connectivity index (χ1n) is 8.21. The number of halogens is 2. The lowest BCUT2D eigenvalue weighted by Crippen LogP contribution is -2.50. The molecule has 1 aromatic heterocycles. The third kappa shape index (κ3) is 3.59. The fourth-order valence-corrected chi connectivity index (χ4v) is 4.12. The fourth-order valence-electron chi connectivity index (χ4n) is 2.89. The van der Waals surface area contributed by atoms with E-state index >= 15 is 0 Å². The Bertz CT molecular complexity index is 955. The van der Waals surface area contributed by atoms with E-state index in [0.717, 1.165) is 15.3 Å². The summed E-state index contributed by atoms with van der Waals surface area (Å²) in [5.41, 5.74) is 1.48. The molecule has 3 aromatic rings. The lowest BCUT2D eigenvalue weighted by molar-refractivity contribution is 0.208. The monoisotopic (exact) mass is 390 g/mol. The summed E-state index contributed by atoms with van der Waals surface area (Å²) in [6.45, 7) is 2.56. The number of thiazole rings is 1. The molecule has 2 amide bonds. The topological polar surface area (TPSA) is 48.5 Å². The van der Waals surface area contributed by atoms with Crippen LogP contribution in [0.2, 0.25) is 5.02 Å². The van der Waals surface area contributed by atoms with Crippen molar-refractivity contribution in [3.63, 3.8) is 0 Å². The normalized spacial score (nSPS) is 14.7. The number of aromatic nitrogens is 1. The standard InChI is InChI=1S/C18H16ClFN4OS/c19-12-2-1-3-14(10-12)21-17(25)23-6-8-24(9-7-23)18-22-15-5-4-13(20)11-16(15)26-18/h1-5,10-11H,6-9H2,(H,21,25). The number of benzene rings is 2. The molecule has 1 saturated heterocycles. The molecule has 0 saturated carbocycles. The lowest BCUT2D eigenvalue weighted by atomic mass is 10.3. The molecule has 0 unspecified atom stereocenters. The van der Waals surface area contributed by atoms with Gasteiger partial charge < -0.3 is 15.1 Å². The Hall–Kier alpha value is -2.38. The Morgan fingerprint density at radius 2 is 1.96 bits per heavy atom. The van der Waals surface area contributed by atoms with Gasteiger partial charge in [0.2, 0.25) is 0 Å². The van der Waals surface area contributed by atoms with Crippen LogP contribution in [-0.2, 0) is 0 Å². The molecule has 26 heavy (non-hydrogen) atoms. The van der Waals surface area contributed by atoms with Crippen molar-refractivity contribution < 1.29 is 9.18 Å². The average Bonchev–Trinajstić information content (AvgIpc) is 3.05. The molecule has 1 fully saturated rings. The van der Waals surface area contributed by atoms with Gasteiger partial charge in [0, 0.05) is 36.9 Å². The summed E-state index contributed by atoms with van der Waals surface area (Å²) < 4.78 is 14.2. The number of anilines is 2. The van der Waals surface area contributed by atoms with Crippen LogP contribution in [0.5, 0.6) is 0 Å². The van der Waals surface area contributed by atoms with E-state index in [9.17, 15) is 9.18 Å². The molecule has 0 spiro atoms. The SMILES string of the molecule is O=C(Nc1cccc(Cl)c1)N1CCN(c2nc3ccc(F)cc3s2)CC1. The highest BCUT2D eigenvalue weighted by Gasteiger charge is 2.23. The molecule has 5 nitrogen and oxygen atoms in total. The molecule has 0 aliphatic carbocycles. The van der Waals surface area contributed by atoms with Gasteiger partial charge in [0.05, 0.1) is 10.2 Å². The number of nitrogens with one attached hydrogen (secondary N) is 1. The average molecular weight is 391 g/mol. The molecule has 134 valence electrons. The van der Waals surface area contributed by atoms with Crippen molar-refractivity contribution in [3.05, 3.63) is 53.3 Å². The van der Waals surface area contributed by atoms with Gasteiger partial charge in [-0.15, -0.1) is 0 Å². The molecular weight excluding hydrogens is 375 g/mol. The first-order chi connectivity index (χ1) is 12.6. The van der Waals surface area contributed by atoms with Crippen LogP contribution in [0.15, 0.2) is 42.5 Å². The van der Waals surface area contributed by atoms with E-state index in [-0.39, 0.29) is 11.8 Å². The van der Waals surface area contributed by atoms with Gasteiger partial charge in [0.25, 0.3) is 0 Å². The quantitative estimate of drug-likeness (QED) is 0.703. The Kier molecular flexibility index (Phi) is 4.65. The van der Waals surface area contributed by atoms with Crippen LogP contribution >= 0.6 is 22.9 Å². The summed E-state index contributed by atoms with van der Waals surface area (Å²) >= 11 is 7.42. The van der Waals surface area contributed by atoms with Crippen molar-refractivity contribution in [2.75, 3.05) is 36.4 Å². The predicted octanol–water partition coefficient (Wildman–Crippen LogP) is 4.44. The maximum atomic E-state index is 13.3. The highest BCUT2D eigenvalue weighted by atomic mass is 35.5. The molecule has 1 aliphatic heterocycles. The molecule has 0 radical (unpaired) electrons. The summed E-state index contributed by atoms with van der Waals surface area (Å²) in [7, 11) is 0. The highest BCUT2D eigenvalue weighted by molar-refractivity contribution is 7.22. The zero-order valence-corrected chi connectivity index (χ0v) is 15.4. The Morgan fingerprint density at radius 3 is 2.73 bits per heavy atom. The van der Waals surface area contributed by atoms with Crippen LogP contribution in [0.3, 0.4) is 0 Å². The minimum absolute atomic E-state index is 0.140. The summed E-state index contributed by atoms with van der Waals surface area (Å²) in [5.74, 6) is -0.254. The molecule has 2 heterocycles. The minimum atomic E-state index is -0.254. The van der Waals surface area contributed by atoms with E-state index in [1.165, 1.54) is 23.5 Å². The second-order valence-electron chi connectivity index (χ2n) is 6.02. The molecule has 8 heteroatoms. The zero-order valence-electron chi connectivity index (χ0n) is 13.8. The molecule has 1 N–H and O–H groups in total. The number of carbonyl (C=O) groups is 1. The van der Waals surface area contributed by atoms with Crippen molar-refractivity contribution in [3.8, 4) is 0 Å². The Labute approximate surface area is 159 Å². The predicted molar refractivity (Wildman–Crippen MR) is 104 cm³/mol. The third-order valence-corrected chi connectivity index (χ3v) is 5.57. The van der Waals surface area contributed by atoms with Crippen molar-refractivity contribution in [2.45, 2.75) is 0 Å². The van der Waals surface area contributed by atoms with Crippen LogP contribution < -0.4 is 10.2 Å².